The lowest BCUT2D eigenvalue weighted by atomic mass is 9.65. The lowest BCUT2D eigenvalue weighted by Crippen LogP contribution is -2.58. The van der Waals surface area contributed by atoms with Crippen molar-refractivity contribution in [3.63, 3.8) is 0 Å². The molecule has 0 saturated carbocycles. The number of fused-ring (bicyclic) bond motifs is 1. The van der Waals surface area contributed by atoms with E-state index in [4.69, 9.17) is 4.74 Å². The van der Waals surface area contributed by atoms with Gasteiger partial charge >= 0.3 is 5.97 Å². The molecule has 2 unspecified atom stereocenters. The van der Waals surface area contributed by atoms with E-state index >= 15 is 0 Å². The first-order chi connectivity index (χ1) is 12.0. The molecular weight excluding hydrogens is 314 g/mol. The van der Waals surface area contributed by atoms with E-state index in [0.29, 0.717) is 13.2 Å². The number of aliphatic carboxylic acids is 1. The number of benzene rings is 2. The highest BCUT2D eigenvalue weighted by molar-refractivity contribution is 5.94. The Hall–Kier alpha value is -1.91. The Kier molecular flexibility index (Phi) is 5.11. The summed E-state index contributed by atoms with van der Waals surface area (Å²) in [6.45, 7) is 8.96. The van der Waals surface area contributed by atoms with Crippen molar-refractivity contribution < 1.29 is 14.6 Å². The third kappa shape index (κ3) is 2.94. The Morgan fingerprint density at radius 1 is 1.08 bits per heavy atom. The molecule has 0 spiro atoms. The van der Waals surface area contributed by atoms with Gasteiger partial charge in [0.25, 0.3) is 0 Å². The molecule has 4 heteroatoms. The van der Waals surface area contributed by atoms with Crippen LogP contribution in [0.4, 0.5) is 0 Å². The molecule has 1 saturated heterocycles. The first-order valence-electron chi connectivity index (χ1n) is 9.03. The third-order valence-corrected chi connectivity index (χ3v) is 5.75. The second-order valence-corrected chi connectivity index (χ2v) is 7.18. The number of hydrogen-bond acceptors (Lipinski definition) is 3. The van der Waals surface area contributed by atoms with Gasteiger partial charge in [0.2, 0.25) is 0 Å². The van der Waals surface area contributed by atoms with Gasteiger partial charge in [-0.1, -0.05) is 56.3 Å². The fourth-order valence-electron chi connectivity index (χ4n) is 4.40. The summed E-state index contributed by atoms with van der Waals surface area (Å²) in [7, 11) is 0. The molecule has 1 aliphatic rings. The zero-order valence-corrected chi connectivity index (χ0v) is 15.2. The van der Waals surface area contributed by atoms with Gasteiger partial charge in [0.1, 0.15) is 5.41 Å². The van der Waals surface area contributed by atoms with Crippen LogP contribution in [0.3, 0.4) is 0 Å². The molecule has 134 valence electrons. The first kappa shape index (κ1) is 17.9. The van der Waals surface area contributed by atoms with Crippen molar-refractivity contribution in [3.05, 3.63) is 48.0 Å². The van der Waals surface area contributed by atoms with Crippen molar-refractivity contribution in [2.45, 2.75) is 32.2 Å². The van der Waals surface area contributed by atoms with Gasteiger partial charge in [-0.05, 0) is 29.2 Å². The van der Waals surface area contributed by atoms with Crippen molar-refractivity contribution in [2.75, 3.05) is 26.3 Å². The quantitative estimate of drug-likeness (QED) is 0.904. The first-order valence-corrected chi connectivity index (χ1v) is 9.03. The highest BCUT2D eigenvalue weighted by atomic mass is 16.5. The molecule has 1 aliphatic heterocycles. The average molecular weight is 341 g/mol. The van der Waals surface area contributed by atoms with Gasteiger partial charge in [-0.15, -0.1) is 0 Å². The maximum Gasteiger partial charge on any atom is 0.316 e. The van der Waals surface area contributed by atoms with Crippen molar-refractivity contribution in [2.24, 2.45) is 5.92 Å². The van der Waals surface area contributed by atoms with Gasteiger partial charge in [-0.25, -0.2) is 0 Å². The van der Waals surface area contributed by atoms with Crippen LogP contribution in [-0.4, -0.2) is 48.3 Å². The van der Waals surface area contributed by atoms with Crippen molar-refractivity contribution >= 4 is 16.7 Å². The third-order valence-electron chi connectivity index (χ3n) is 5.75. The Morgan fingerprint density at radius 3 is 2.36 bits per heavy atom. The molecule has 0 radical (unpaired) electrons. The van der Waals surface area contributed by atoms with Crippen LogP contribution in [0.2, 0.25) is 0 Å². The van der Waals surface area contributed by atoms with Crippen LogP contribution in [0.25, 0.3) is 10.8 Å². The number of carboxylic acids is 1. The van der Waals surface area contributed by atoms with Gasteiger partial charge in [-0.2, -0.15) is 0 Å². The monoisotopic (exact) mass is 341 g/mol. The van der Waals surface area contributed by atoms with Crippen LogP contribution >= 0.6 is 0 Å². The highest BCUT2D eigenvalue weighted by Crippen LogP contribution is 2.42. The molecule has 2 aromatic carbocycles. The van der Waals surface area contributed by atoms with E-state index in [1.165, 1.54) is 0 Å². The maximum absolute atomic E-state index is 12.7. The molecule has 1 heterocycles. The molecule has 25 heavy (non-hydrogen) atoms. The number of rotatable bonds is 5. The fourth-order valence-corrected chi connectivity index (χ4v) is 4.40. The lowest BCUT2D eigenvalue weighted by Gasteiger charge is -2.46. The number of nitrogens with zero attached hydrogens (tertiary/aromatic N) is 1. The molecule has 2 atom stereocenters. The van der Waals surface area contributed by atoms with E-state index < -0.39 is 11.4 Å². The molecule has 0 aromatic heterocycles. The van der Waals surface area contributed by atoms with Crippen LogP contribution in [0.5, 0.6) is 0 Å². The zero-order valence-electron chi connectivity index (χ0n) is 15.2. The van der Waals surface area contributed by atoms with Gasteiger partial charge in [0, 0.05) is 19.1 Å². The van der Waals surface area contributed by atoms with E-state index in [2.05, 4.69) is 11.8 Å². The summed E-state index contributed by atoms with van der Waals surface area (Å²) in [6.07, 6.45) is 0. The molecule has 3 rings (SSSR count). The zero-order chi connectivity index (χ0) is 18.0. The van der Waals surface area contributed by atoms with Crippen LogP contribution in [0.15, 0.2) is 42.5 Å². The van der Waals surface area contributed by atoms with E-state index in [9.17, 15) is 9.90 Å². The van der Waals surface area contributed by atoms with Crippen LogP contribution in [-0.2, 0) is 14.9 Å². The molecule has 0 bridgehead atoms. The molecular formula is C21H27NO3. The smallest absolute Gasteiger partial charge is 0.316 e. The van der Waals surface area contributed by atoms with Crippen molar-refractivity contribution in [1.29, 1.82) is 0 Å². The van der Waals surface area contributed by atoms with Gasteiger partial charge in [0.05, 0.1) is 13.2 Å². The van der Waals surface area contributed by atoms with Crippen LogP contribution in [0.1, 0.15) is 26.3 Å². The minimum atomic E-state index is -0.974. The molecule has 4 nitrogen and oxygen atoms in total. The fraction of sp³-hybridized carbons (Fsp3) is 0.476. The summed E-state index contributed by atoms with van der Waals surface area (Å²) in [5.41, 5.74) is -0.0647. The second kappa shape index (κ2) is 7.14. The number of morpholine rings is 1. The standard InChI is InChI=1S/C21H27NO3/c1-15(2)21(20(23)24,16(3)22-11-13-25-14-12-22)19-10-6-8-17-7-4-5-9-18(17)19/h4-10,15-16H,11-14H2,1-3H3,(H,23,24). The second-order valence-electron chi connectivity index (χ2n) is 7.18. The van der Waals surface area contributed by atoms with E-state index in [1.807, 2.05) is 56.3 Å². The summed E-state index contributed by atoms with van der Waals surface area (Å²) in [5.74, 6) is -0.800. The maximum atomic E-state index is 12.7. The predicted molar refractivity (Wildman–Crippen MR) is 100.0 cm³/mol. The van der Waals surface area contributed by atoms with Gasteiger partial charge < -0.3 is 9.84 Å². The summed E-state index contributed by atoms with van der Waals surface area (Å²) in [5, 5.41) is 12.6. The molecule has 1 N–H and O–H groups in total. The Balaban J connectivity index is 2.21. The SMILES string of the molecule is CC(C)C(C(=O)O)(c1cccc2ccccc12)C(C)N1CCOCC1. The summed E-state index contributed by atoms with van der Waals surface area (Å²) >= 11 is 0. The molecule has 1 fully saturated rings. The molecule has 2 aromatic rings. The van der Waals surface area contributed by atoms with E-state index in [1.54, 1.807) is 0 Å². The minimum absolute atomic E-state index is 0.0475. The highest BCUT2D eigenvalue weighted by Gasteiger charge is 2.51. The minimum Gasteiger partial charge on any atom is -0.481 e. The predicted octanol–water partition coefficient (Wildman–Crippen LogP) is 3.54. The summed E-state index contributed by atoms with van der Waals surface area (Å²) in [6, 6.07) is 14.0. The number of carboxylic acid groups (broad SMARTS) is 1. The van der Waals surface area contributed by atoms with Gasteiger partial charge in [0.15, 0.2) is 0 Å². The van der Waals surface area contributed by atoms with Crippen molar-refractivity contribution in [3.8, 4) is 0 Å². The van der Waals surface area contributed by atoms with Crippen LogP contribution < -0.4 is 0 Å². The van der Waals surface area contributed by atoms with E-state index in [-0.39, 0.29) is 12.0 Å². The average Bonchev–Trinajstić information content (AvgIpc) is 2.62. The normalized spacial score (nSPS) is 19.7. The largest absolute Gasteiger partial charge is 0.481 e. The van der Waals surface area contributed by atoms with E-state index in [0.717, 1.165) is 29.4 Å². The Morgan fingerprint density at radius 2 is 1.72 bits per heavy atom. The van der Waals surface area contributed by atoms with Crippen LogP contribution in [0, 0.1) is 5.92 Å². The Bertz CT molecular complexity index is 746. The van der Waals surface area contributed by atoms with Crippen molar-refractivity contribution in [1.82, 2.24) is 4.90 Å². The molecule has 0 aliphatic carbocycles. The lowest BCUT2D eigenvalue weighted by molar-refractivity contribution is -0.150. The Labute approximate surface area is 149 Å². The summed E-state index contributed by atoms with van der Waals surface area (Å²) in [4.78, 5) is 15.0. The summed E-state index contributed by atoms with van der Waals surface area (Å²) < 4.78 is 5.47. The topological polar surface area (TPSA) is 49.8 Å². The number of ether oxygens (including phenoxy) is 1. The molecule has 0 amide bonds. The number of hydrogen-bond donors (Lipinski definition) is 1. The van der Waals surface area contributed by atoms with Gasteiger partial charge in [-0.3, -0.25) is 9.69 Å². The number of carbonyl (C=O) groups is 1.